The van der Waals surface area contributed by atoms with Gasteiger partial charge in [-0.25, -0.2) is 73.0 Å². The molecule has 132 heavy (non-hydrogen) atoms. The first kappa shape index (κ1) is 96.4. The zero-order valence-electron chi connectivity index (χ0n) is 72.3. The van der Waals surface area contributed by atoms with Gasteiger partial charge in [-0.3, -0.25) is 24.0 Å². The minimum absolute atomic E-state index is 0. The predicted octanol–water partition coefficient (Wildman–Crippen LogP) is 17.0. The Bertz CT molecular complexity index is 7010. The van der Waals surface area contributed by atoms with Gasteiger partial charge in [0.1, 0.15) is 72.6 Å². The number of aromatic nitrogens is 10. The first-order valence-corrected chi connectivity index (χ1v) is 46.9. The van der Waals surface area contributed by atoms with Crippen LogP contribution in [-0.2, 0) is 38.0 Å². The van der Waals surface area contributed by atoms with Crippen LogP contribution in [0.25, 0.3) is 85.5 Å². The number of carboxylic acids is 1. The monoisotopic (exact) mass is 2110 g/mol. The summed E-state index contributed by atoms with van der Waals surface area (Å²) in [5, 5.41) is 25.9. The highest BCUT2D eigenvalue weighted by molar-refractivity contribution is 9.10. The number of amides is 5. The summed E-state index contributed by atoms with van der Waals surface area (Å²) in [6.45, 7) is 15.8. The number of pyridine rings is 5. The standard InChI is InChI=1S/C24H18F2N4O2S.C19H17N3O3S.C18H15N3O3S.C15H21BO4.C10H8BrN3OS.C6H4BrN3S.HI/c1-12-2-3-14(22(32)27-19-7-6-15(25)11-17(19)26)10-16(12)18-8-9-20-23(28-18)33-24(29-20)30-21(31)13-4-5-13;1-10-3-4-12(18(24)25-2)9-13(10)14-7-8-15-17(20-14)26-19(21-15)22-16(23)11-5-6-11;1-9-2-3-11(17(23)24)8-12(9)13-6-7-14-16(19-13)25-18(20-14)21-15(22)10-4-5-10;1-10-7-8-11(13(17)18-6)9-12(10)16-19-14(2,3)15(4,5)20-16;11-7-4-3-6-9(13-7)16-10(12-6)14-8(15)5-1-2-5;7-4-2-1-3-5(10-4)11-6(8)9-3;/h2-3,6-11,13H,4-5H2,1H3,(H,27,32)(H,29,30,31);3-4,7-9,11H,5-6H2,1-2H3,(H,21,22,23);2-3,6-8,10H,4-5H2,1H3,(H,23,24)(H,20,21,22);7-9H,1-6H3;3-5H,1-2H2,(H,12,14,15);1-2H,(H2,8,9);1H/p-1. The highest BCUT2D eigenvalue weighted by Crippen LogP contribution is 2.41. The van der Waals surface area contributed by atoms with Gasteiger partial charge in [-0.05, 0) is 282 Å². The molecule has 40 heteroatoms. The number of aromatic carboxylic acids is 1. The third-order valence-electron chi connectivity index (χ3n) is 21.8. The molecule has 5 aliphatic rings. The van der Waals surface area contributed by atoms with E-state index in [1.165, 1.54) is 77.0 Å². The maximum atomic E-state index is 13.9. The Morgan fingerprint density at radius 2 is 0.750 bits per heavy atom. The van der Waals surface area contributed by atoms with E-state index in [1.54, 1.807) is 66.7 Å². The number of benzene rings is 5. The van der Waals surface area contributed by atoms with E-state index < -0.39 is 41.8 Å². The van der Waals surface area contributed by atoms with E-state index >= 15 is 0 Å². The summed E-state index contributed by atoms with van der Waals surface area (Å²) in [6, 6.07) is 42.4. The van der Waals surface area contributed by atoms with Crippen LogP contribution in [0.5, 0.6) is 0 Å². The number of halogens is 5. The molecular formula is C92H83BBr2F2IN16O13S5-. The Morgan fingerprint density at radius 1 is 0.417 bits per heavy atom. The lowest BCUT2D eigenvalue weighted by Gasteiger charge is -2.32. The minimum Gasteiger partial charge on any atom is -1.00 e. The van der Waals surface area contributed by atoms with E-state index in [1.807, 2.05) is 122 Å². The number of aryl methyl sites for hydroxylation is 4. The molecule has 10 aromatic heterocycles. The quantitative estimate of drug-likeness (QED) is 0.0193. The van der Waals surface area contributed by atoms with Crippen LogP contribution in [0.4, 0.5) is 40.1 Å². The second-order valence-electron chi connectivity index (χ2n) is 32.3. The van der Waals surface area contributed by atoms with Gasteiger partial charge in [-0.2, -0.15) is 0 Å². The number of esters is 2. The number of rotatable bonds is 17. The van der Waals surface area contributed by atoms with Gasteiger partial charge >= 0.3 is 25.0 Å². The second-order valence-corrected chi connectivity index (χ2v) is 38.8. The van der Waals surface area contributed by atoms with Crippen LogP contribution < -0.4 is 61.8 Å². The van der Waals surface area contributed by atoms with Crippen LogP contribution in [0.15, 0.2) is 161 Å². The molecule has 4 saturated carbocycles. The lowest BCUT2D eigenvalue weighted by molar-refractivity contribution is -0.118. The number of hydrogen-bond acceptors (Lipinski definition) is 28. The number of carbonyl (C=O) groups is 8. The van der Waals surface area contributed by atoms with Gasteiger partial charge in [-0.15, -0.1) is 0 Å². The number of anilines is 6. The Balaban J connectivity index is 0.000000131. The van der Waals surface area contributed by atoms with Gasteiger partial charge in [0, 0.05) is 52.0 Å². The van der Waals surface area contributed by atoms with Gasteiger partial charge in [-0.1, -0.05) is 86.5 Å². The van der Waals surface area contributed by atoms with E-state index in [4.69, 9.17) is 24.5 Å². The van der Waals surface area contributed by atoms with E-state index in [0.29, 0.717) is 80.5 Å². The molecule has 1 aliphatic heterocycles. The van der Waals surface area contributed by atoms with E-state index in [2.05, 4.69) is 108 Å². The fourth-order valence-electron chi connectivity index (χ4n) is 13.0. The molecule has 0 spiro atoms. The summed E-state index contributed by atoms with van der Waals surface area (Å²) in [7, 11) is 2.27. The summed E-state index contributed by atoms with van der Waals surface area (Å²) < 4.78 is 50.2. The molecule has 0 unspecified atom stereocenters. The molecule has 5 fully saturated rings. The van der Waals surface area contributed by atoms with Crippen molar-refractivity contribution in [2.24, 2.45) is 23.7 Å². The maximum Gasteiger partial charge on any atom is 0.495 e. The summed E-state index contributed by atoms with van der Waals surface area (Å²) in [5.74, 6) is -3.14. The zero-order valence-corrected chi connectivity index (χ0v) is 81.7. The average molecular weight is 2120 g/mol. The number of nitrogens with two attached hydrogens (primary N) is 1. The normalized spacial score (nSPS) is 14.4. The van der Waals surface area contributed by atoms with Crippen molar-refractivity contribution in [1.29, 1.82) is 0 Å². The van der Waals surface area contributed by atoms with Crippen molar-refractivity contribution in [2.75, 3.05) is 46.5 Å². The molecule has 11 heterocycles. The van der Waals surface area contributed by atoms with Crippen molar-refractivity contribution >= 4 is 232 Å². The summed E-state index contributed by atoms with van der Waals surface area (Å²) in [6.07, 6.45) is 7.62. The smallest absolute Gasteiger partial charge is 0.495 e. The predicted molar refractivity (Wildman–Crippen MR) is 514 cm³/mol. The molecule has 20 rings (SSSR count). The number of carboxylic acid groups (broad SMARTS) is 1. The van der Waals surface area contributed by atoms with Crippen molar-refractivity contribution in [3.05, 3.63) is 217 Å². The van der Waals surface area contributed by atoms with Crippen LogP contribution in [-0.4, -0.2) is 135 Å². The number of fused-ring (bicyclic) bond motifs is 5. The highest BCUT2D eigenvalue weighted by atomic mass is 127. The Kier molecular flexibility index (Phi) is 30.1. The van der Waals surface area contributed by atoms with E-state index in [-0.39, 0.29) is 94.5 Å². The third kappa shape index (κ3) is 23.9. The number of nitrogen functional groups attached to an aromatic ring is 1. The number of nitrogens with zero attached hydrogens (tertiary/aromatic N) is 10. The van der Waals surface area contributed by atoms with Gasteiger partial charge in [0.25, 0.3) is 5.91 Å². The fourth-order valence-corrected chi connectivity index (χ4v) is 18.0. The van der Waals surface area contributed by atoms with E-state index in [0.717, 1.165) is 148 Å². The van der Waals surface area contributed by atoms with Crippen LogP contribution in [0.3, 0.4) is 0 Å². The second kappa shape index (κ2) is 41.3. The fraction of sp³-hybridized carbons (Fsp3) is 0.261. The molecule has 5 amide bonds. The summed E-state index contributed by atoms with van der Waals surface area (Å²) in [5.41, 5.74) is 19.1. The maximum absolute atomic E-state index is 13.9. The number of methoxy groups -OCH3 is 2. The Morgan fingerprint density at radius 3 is 1.13 bits per heavy atom. The zero-order chi connectivity index (χ0) is 93.0. The summed E-state index contributed by atoms with van der Waals surface area (Å²) in [4.78, 5) is 143. The van der Waals surface area contributed by atoms with Gasteiger partial charge in [0.2, 0.25) is 23.6 Å². The Hall–Kier alpha value is -11.6. The Labute approximate surface area is 808 Å². The van der Waals surface area contributed by atoms with Crippen LogP contribution in [0.1, 0.15) is 143 Å². The molecule has 8 N–H and O–H groups in total. The molecule has 678 valence electrons. The molecule has 5 aromatic carbocycles. The first-order valence-electron chi connectivity index (χ1n) is 41.2. The van der Waals surface area contributed by atoms with Crippen molar-refractivity contribution in [3.8, 4) is 33.8 Å². The van der Waals surface area contributed by atoms with Gasteiger partial charge < -0.3 is 80.2 Å². The molecule has 15 aromatic rings. The minimum atomic E-state index is -0.967. The van der Waals surface area contributed by atoms with Crippen LogP contribution in [0.2, 0.25) is 0 Å². The first-order chi connectivity index (χ1) is 62.6. The van der Waals surface area contributed by atoms with Crippen molar-refractivity contribution in [2.45, 2.75) is 118 Å². The van der Waals surface area contributed by atoms with Crippen LogP contribution >= 0.6 is 88.5 Å². The van der Waals surface area contributed by atoms with Gasteiger partial charge in [0.15, 0.2) is 25.7 Å². The number of hydrogen-bond donors (Lipinski definition) is 7. The molecule has 4 aliphatic carbocycles. The molecule has 1 saturated heterocycles. The molecule has 0 atom stereocenters. The largest absolute Gasteiger partial charge is 1.00 e. The van der Waals surface area contributed by atoms with Crippen LogP contribution in [0, 0.1) is 63.0 Å². The average Bonchev–Trinajstić information content (AvgIpc) is 1.62. The number of ether oxygens (including phenoxy) is 2. The molecule has 0 bridgehead atoms. The highest BCUT2D eigenvalue weighted by Gasteiger charge is 2.52. The topological polar surface area (TPSA) is 409 Å². The van der Waals surface area contributed by atoms with Crippen molar-refractivity contribution < 1.29 is 95.0 Å². The summed E-state index contributed by atoms with van der Waals surface area (Å²) >= 11 is 13.3. The third-order valence-corrected chi connectivity index (χ3v) is 27.0. The number of nitrogens with one attached hydrogen (secondary N) is 5. The molecular weight excluding hydrogens is 2030 g/mol. The van der Waals surface area contributed by atoms with Crippen molar-refractivity contribution in [3.63, 3.8) is 0 Å². The lowest BCUT2D eigenvalue weighted by atomic mass is 9.75. The SMILES string of the molecule is COC(=O)c1ccc(C)c(-c2ccc3nc(NC(=O)C4CC4)sc3n2)c1.COC(=O)c1ccc(C)c(B2OC(C)(C)C(C)(C)O2)c1.Cc1ccc(C(=O)Nc2ccc(F)cc2F)cc1-c1ccc2nc(NC(=O)C3CC3)sc2n1.Cc1ccc(C(=O)O)cc1-c1ccc2nc(NC(=O)C3CC3)sc2n1.Nc1nc2ccc(Br)nc2s1.O=C(Nc1nc2ccc(Br)nc2s1)C1CC1.[I-]. The van der Waals surface area contributed by atoms with Crippen molar-refractivity contribution in [1.82, 2.24) is 49.8 Å². The number of carbonyl (C=O) groups excluding carboxylic acids is 7. The van der Waals surface area contributed by atoms with E-state index in [9.17, 15) is 52.2 Å². The lowest BCUT2D eigenvalue weighted by Crippen LogP contribution is -3.00. The molecule has 29 nitrogen and oxygen atoms in total. The number of thiazole rings is 5. The molecule has 0 radical (unpaired) electrons. The van der Waals surface area contributed by atoms with Gasteiger partial charge in [0.05, 0.1) is 64.9 Å².